The summed E-state index contributed by atoms with van der Waals surface area (Å²) in [5.41, 5.74) is 0.630. The number of nitrogens with zero attached hydrogens (tertiary/aromatic N) is 1. The van der Waals surface area contributed by atoms with E-state index in [4.69, 9.17) is 4.74 Å². The summed E-state index contributed by atoms with van der Waals surface area (Å²) in [5.74, 6) is -0.0906. The lowest BCUT2D eigenvalue weighted by atomic mass is 10.2. The zero-order valence-corrected chi connectivity index (χ0v) is 13.0. The van der Waals surface area contributed by atoms with Crippen LogP contribution < -0.4 is 10.1 Å². The highest BCUT2D eigenvalue weighted by Gasteiger charge is 2.16. The molecule has 118 valence electrons. The molecule has 0 radical (unpaired) electrons. The van der Waals surface area contributed by atoms with E-state index < -0.39 is 14.8 Å². The fourth-order valence-electron chi connectivity index (χ4n) is 1.65. The van der Waals surface area contributed by atoms with Crippen molar-refractivity contribution in [3.05, 3.63) is 33.9 Å². The third-order valence-electron chi connectivity index (χ3n) is 2.69. The monoisotopic (exact) mass is 316 g/mol. The number of nitro benzene ring substituents is 1. The van der Waals surface area contributed by atoms with E-state index in [1.807, 2.05) is 6.92 Å². The number of ether oxygens (including phenoxy) is 1. The van der Waals surface area contributed by atoms with E-state index in [9.17, 15) is 18.5 Å². The van der Waals surface area contributed by atoms with Crippen molar-refractivity contribution in [2.24, 2.45) is 0 Å². The quantitative estimate of drug-likeness (QED) is 0.421. The average Bonchev–Trinajstić information content (AvgIpc) is 2.38. The second-order valence-corrected chi connectivity index (χ2v) is 6.97. The minimum atomic E-state index is -3.16. The first-order chi connectivity index (χ1) is 9.83. The van der Waals surface area contributed by atoms with E-state index in [2.05, 4.69) is 5.32 Å². The molecule has 0 aliphatic heterocycles. The number of nitro groups is 1. The van der Waals surface area contributed by atoms with Gasteiger partial charge in [0.2, 0.25) is 0 Å². The van der Waals surface area contributed by atoms with Gasteiger partial charge in [-0.3, -0.25) is 10.1 Å². The Balaban J connectivity index is 2.77. The fourth-order valence-corrected chi connectivity index (χ4v) is 2.04. The van der Waals surface area contributed by atoms with Gasteiger partial charge in [0.25, 0.3) is 0 Å². The Morgan fingerprint density at radius 2 is 2.10 bits per heavy atom. The van der Waals surface area contributed by atoms with E-state index in [0.29, 0.717) is 6.54 Å². The molecule has 21 heavy (non-hydrogen) atoms. The normalized spacial score (nSPS) is 11.3. The van der Waals surface area contributed by atoms with Gasteiger partial charge in [0.05, 0.1) is 10.7 Å². The molecule has 0 fully saturated rings. The molecule has 1 aromatic carbocycles. The fraction of sp³-hybridized carbons (Fsp3) is 0.538. The highest BCUT2D eigenvalue weighted by Crippen LogP contribution is 2.28. The second-order valence-electron chi connectivity index (χ2n) is 4.71. The van der Waals surface area contributed by atoms with Crippen LogP contribution in [0.25, 0.3) is 0 Å². The Hall–Kier alpha value is -1.67. The molecule has 0 aromatic heterocycles. The molecule has 7 nitrogen and oxygen atoms in total. The van der Waals surface area contributed by atoms with Crippen LogP contribution in [-0.4, -0.2) is 38.5 Å². The van der Waals surface area contributed by atoms with Crippen molar-refractivity contribution in [1.29, 1.82) is 0 Å². The van der Waals surface area contributed by atoms with Crippen LogP contribution in [0.5, 0.6) is 5.75 Å². The van der Waals surface area contributed by atoms with Gasteiger partial charge in [-0.25, -0.2) is 8.42 Å². The van der Waals surface area contributed by atoms with Gasteiger partial charge < -0.3 is 10.1 Å². The van der Waals surface area contributed by atoms with Gasteiger partial charge in [0, 0.05) is 18.9 Å². The molecule has 0 bridgehead atoms. The summed E-state index contributed by atoms with van der Waals surface area (Å²) in [6.07, 6.45) is 2.07. The van der Waals surface area contributed by atoms with Gasteiger partial charge >= 0.3 is 5.69 Å². The Morgan fingerprint density at radius 1 is 1.38 bits per heavy atom. The molecular formula is C13H20N2O5S. The minimum Gasteiger partial charge on any atom is -0.486 e. The highest BCUT2D eigenvalue weighted by molar-refractivity contribution is 7.90. The largest absolute Gasteiger partial charge is 0.486 e. The second kappa shape index (κ2) is 7.94. The smallest absolute Gasteiger partial charge is 0.311 e. The maximum atomic E-state index is 11.1. The van der Waals surface area contributed by atoms with Crippen LogP contribution >= 0.6 is 0 Å². The maximum Gasteiger partial charge on any atom is 0.311 e. The number of hydrogen-bond acceptors (Lipinski definition) is 6. The third kappa shape index (κ3) is 6.54. The predicted octanol–water partition coefficient (Wildman–Crippen LogP) is 1.52. The molecule has 0 atom stereocenters. The number of hydrogen-bond donors (Lipinski definition) is 1. The van der Waals surface area contributed by atoms with Crippen molar-refractivity contribution >= 4 is 15.5 Å². The third-order valence-corrected chi connectivity index (χ3v) is 3.60. The Bertz CT molecular complexity index is 586. The van der Waals surface area contributed by atoms with Crippen LogP contribution in [0.3, 0.4) is 0 Å². The van der Waals surface area contributed by atoms with Crippen LogP contribution in [0, 0.1) is 10.1 Å². The summed E-state index contributed by atoms with van der Waals surface area (Å²) >= 11 is 0. The Labute approximate surface area is 124 Å². The van der Waals surface area contributed by atoms with Crippen molar-refractivity contribution < 1.29 is 18.1 Å². The first-order valence-electron chi connectivity index (χ1n) is 6.62. The molecule has 0 amide bonds. The zero-order chi connectivity index (χ0) is 15.9. The molecule has 0 spiro atoms. The summed E-state index contributed by atoms with van der Waals surface area (Å²) in [6.45, 7) is 3.31. The topological polar surface area (TPSA) is 98.5 Å². The van der Waals surface area contributed by atoms with E-state index in [1.54, 1.807) is 6.07 Å². The first kappa shape index (κ1) is 17.4. The number of rotatable bonds is 9. The van der Waals surface area contributed by atoms with Gasteiger partial charge in [-0.05, 0) is 24.6 Å². The molecule has 1 rings (SSSR count). The van der Waals surface area contributed by atoms with Crippen LogP contribution in [0.4, 0.5) is 5.69 Å². The molecule has 1 N–H and O–H groups in total. The first-order valence-corrected chi connectivity index (χ1v) is 8.68. The molecule has 0 saturated carbocycles. The van der Waals surface area contributed by atoms with Crippen molar-refractivity contribution in [2.75, 3.05) is 25.2 Å². The van der Waals surface area contributed by atoms with Gasteiger partial charge in [0.1, 0.15) is 6.61 Å². The van der Waals surface area contributed by atoms with Crippen LogP contribution in [0.1, 0.15) is 18.9 Å². The molecule has 1 aromatic rings. The lowest BCUT2D eigenvalue weighted by Crippen LogP contribution is -2.14. The molecular weight excluding hydrogens is 296 g/mol. The summed E-state index contributed by atoms with van der Waals surface area (Å²) in [5, 5.41) is 14.2. The summed E-state index contributed by atoms with van der Waals surface area (Å²) in [6, 6.07) is 4.67. The molecule has 0 unspecified atom stereocenters. The van der Waals surface area contributed by atoms with Crippen molar-refractivity contribution in [2.45, 2.75) is 19.9 Å². The van der Waals surface area contributed by atoms with Crippen LogP contribution in [0.2, 0.25) is 0 Å². The molecule has 0 heterocycles. The van der Waals surface area contributed by atoms with E-state index in [-0.39, 0.29) is 23.8 Å². The predicted molar refractivity (Wildman–Crippen MR) is 80.3 cm³/mol. The number of benzene rings is 1. The SMILES string of the molecule is CCCNCc1ccc(OCCS(C)(=O)=O)c([N+](=O)[O-])c1. The van der Waals surface area contributed by atoms with Crippen molar-refractivity contribution in [3.8, 4) is 5.75 Å². The summed E-state index contributed by atoms with van der Waals surface area (Å²) in [7, 11) is -3.16. The average molecular weight is 316 g/mol. The standard InChI is InChI=1S/C13H20N2O5S/c1-3-6-14-10-11-4-5-13(12(9-11)15(16)17)20-7-8-21(2,18)19/h4-5,9,14H,3,6-8,10H2,1-2H3. The lowest BCUT2D eigenvalue weighted by molar-refractivity contribution is -0.385. The van der Waals surface area contributed by atoms with E-state index >= 15 is 0 Å². The minimum absolute atomic E-state index is 0.0860. The van der Waals surface area contributed by atoms with Crippen LogP contribution in [-0.2, 0) is 16.4 Å². The molecule has 0 aliphatic rings. The Morgan fingerprint density at radius 3 is 2.67 bits per heavy atom. The van der Waals surface area contributed by atoms with Gasteiger partial charge in [-0.1, -0.05) is 13.0 Å². The van der Waals surface area contributed by atoms with Crippen molar-refractivity contribution in [3.63, 3.8) is 0 Å². The van der Waals surface area contributed by atoms with Crippen molar-refractivity contribution in [1.82, 2.24) is 5.32 Å². The zero-order valence-electron chi connectivity index (χ0n) is 12.2. The Kier molecular flexibility index (Phi) is 6.57. The van der Waals surface area contributed by atoms with Gasteiger partial charge in [-0.2, -0.15) is 0 Å². The highest BCUT2D eigenvalue weighted by atomic mass is 32.2. The number of sulfone groups is 1. The molecule has 8 heteroatoms. The lowest BCUT2D eigenvalue weighted by Gasteiger charge is -2.08. The summed E-state index contributed by atoms with van der Waals surface area (Å²) in [4.78, 5) is 10.5. The summed E-state index contributed by atoms with van der Waals surface area (Å²) < 4.78 is 27.3. The number of nitrogens with one attached hydrogen (secondary N) is 1. The van der Waals surface area contributed by atoms with Gasteiger partial charge in [0.15, 0.2) is 15.6 Å². The van der Waals surface area contributed by atoms with E-state index in [1.165, 1.54) is 12.1 Å². The maximum absolute atomic E-state index is 11.1. The molecule has 0 aliphatic carbocycles. The van der Waals surface area contributed by atoms with E-state index in [0.717, 1.165) is 24.8 Å². The molecule has 0 saturated heterocycles. The van der Waals surface area contributed by atoms with Crippen LogP contribution in [0.15, 0.2) is 18.2 Å². The van der Waals surface area contributed by atoms with Gasteiger partial charge in [-0.15, -0.1) is 0 Å².